The van der Waals surface area contributed by atoms with Gasteiger partial charge in [0.25, 0.3) is 0 Å². The molecule has 0 bridgehead atoms. The first-order chi connectivity index (χ1) is 8.54. The lowest BCUT2D eigenvalue weighted by molar-refractivity contribution is -0.0958. The Balaban J connectivity index is 3.24. The van der Waals surface area contributed by atoms with Crippen LogP contribution in [-0.2, 0) is 14.2 Å². The number of carbonyl (C=O) groups excluding carboxylic acids is 1. The summed E-state index contributed by atoms with van der Waals surface area (Å²) in [4.78, 5) is 11.4. The van der Waals surface area contributed by atoms with Crippen molar-refractivity contribution in [1.29, 1.82) is 0 Å². The third kappa shape index (κ3) is 3.05. The van der Waals surface area contributed by atoms with Gasteiger partial charge >= 0.3 is 5.97 Å². The molecule has 0 saturated carbocycles. The predicted octanol–water partition coefficient (Wildman–Crippen LogP) is 0.748. The minimum Gasteiger partial charge on any atom is -0.465 e. The third-order valence-corrected chi connectivity index (χ3v) is 2.49. The lowest BCUT2D eigenvalue weighted by Crippen LogP contribution is -2.11. The summed E-state index contributed by atoms with van der Waals surface area (Å²) in [6, 6.07) is 4.32. The number of benzene rings is 1. The molecule has 0 spiro atoms. The van der Waals surface area contributed by atoms with Gasteiger partial charge in [0.15, 0.2) is 12.6 Å². The van der Waals surface area contributed by atoms with Crippen molar-refractivity contribution in [2.45, 2.75) is 12.6 Å². The molecule has 100 valence electrons. The van der Waals surface area contributed by atoms with Crippen molar-refractivity contribution in [2.24, 2.45) is 0 Å². The van der Waals surface area contributed by atoms with Crippen LogP contribution in [0.15, 0.2) is 18.2 Å². The van der Waals surface area contributed by atoms with Crippen LogP contribution >= 0.6 is 0 Å². The van der Waals surface area contributed by atoms with Crippen molar-refractivity contribution >= 4 is 5.97 Å². The summed E-state index contributed by atoms with van der Waals surface area (Å²) in [6.45, 7) is 0. The van der Waals surface area contributed by atoms with Gasteiger partial charge < -0.3 is 24.4 Å². The van der Waals surface area contributed by atoms with Crippen molar-refractivity contribution < 1.29 is 29.2 Å². The average Bonchev–Trinajstić information content (AvgIpc) is 2.43. The maximum Gasteiger partial charge on any atom is 0.337 e. The number of aliphatic hydroxyl groups is 2. The SMILES string of the molecule is COC(=O)c1ccc(C(O)OC)c(C(O)OC)c1. The summed E-state index contributed by atoms with van der Waals surface area (Å²) in [7, 11) is 3.88. The van der Waals surface area contributed by atoms with E-state index in [2.05, 4.69) is 4.74 Å². The van der Waals surface area contributed by atoms with Crippen molar-refractivity contribution in [3.05, 3.63) is 34.9 Å². The lowest BCUT2D eigenvalue weighted by atomic mass is 10.0. The Labute approximate surface area is 105 Å². The topological polar surface area (TPSA) is 85.2 Å². The Morgan fingerprint density at radius 3 is 2.11 bits per heavy atom. The van der Waals surface area contributed by atoms with Crippen molar-refractivity contribution in [3.8, 4) is 0 Å². The van der Waals surface area contributed by atoms with Crippen LogP contribution in [0.25, 0.3) is 0 Å². The predicted molar refractivity (Wildman–Crippen MR) is 61.7 cm³/mol. The van der Waals surface area contributed by atoms with Gasteiger partial charge in [-0.25, -0.2) is 4.79 Å². The van der Waals surface area contributed by atoms with Gasteiger partial charge in [-0.3, -0.25) is 0 Å². The molecule has 0 aromatic heterocycles. The lowest BCUT2D eigenvalue weighted by Gasteiger charge is -2.18. The smallest absolute Gasteiger partial charge is 0.337 e. The van der Waals surface area contributed by atoms with E-state index in [1.54, 1.807) is 0 Å². The Kier molecular flexibility index (Phi) is 5.24. The van der Waals surface area contributed by atoms with Crippen LogP contribution in [0.2, 0.25) is 0 Å². The van der Waals surface area contributed by atoms with Crippen LogP contribution in [0.4, 0.5) is 0 Å². The van der Waals surface area contributed by atoms with Crippen LogP contribution in [0.3, 0.4) is 0 Å². The maximum atomic E-state index is 11.4. The number of rotatable bonds is 5. The number of hydrogen-bond donors (Lipinski definition) is 2. The second-order valence-corrected chi connectivity index (χ2v) is 3.51. The van der Waals surface area contributed by atoms with E-state index in [0.717, 1.165) is 0 Å². The van der Waals surface area contributed by atoms with Gasteiger partial charge in [0.05, 0.1) is 12.7 Å². The van der Waals surface area contributed by atoms with E-state index in [1.165, 1.54) is 39.5 Å². The molecule has 2 N–H and O–H groups in total. The fraction of sp³-hybridized carbons (Fsp3) is 0.417. The number of hydrogen-bond acceptors (Lipinski definition) is 6. The third-order valence-electron chi connectivity index (χ3n) is 2.49. The Hall–Kier alpha value is -1.47. The first-order valence-electron chi connectivity index (χ1n) is 5.19. The van der Waals surface area contributed by atoms with Crippen LogP contribution < -0.4 is 0 Å². The molecule has 0 aliphatic heterocycles. The van der Waals surface area contributed by atoms with Gasteiger partial charge in [-0.1, -0.05) is 6.07 Å². The summed E-state index contributed by atoms with van der Waals surface area (Å²) in [5, 5.41) is 19.3. The molecule has 2 atom stereocenters. The first-order valence-corrected chi connectivity index (χ1v) is 5.19. The van der Waals surface area contributed by atoms with Crippen molar-refractivity contribution in [2.75, 3.05) is 21.3 Å². The van der Waals surface area contributed by atoms with Gasteiger partial charge in [0.1, 0.15) is 0 Å². The van der Waals surface area contributed by atoms with E-state index in [0.29, 0.717) is 5.56 Å². The number of aliphatic hydroxyl groups excluding tert-OH is 2. The second-order valence-electron chi connectivity index (χ2n) is 3.51. The molecule has 0 amide bonds. The standard InChI is InChI=1S/C12H16O6/c1-16-10(13)7-4-5-8(11(14)17-2)9(6-7)12(15)18-3/h4-6,11-12,14-15H,1-3H3. The Morgan fingerprint density at radius 2 is 1.61 bits per heavy atom. The maximum absolute atomic E-state index is 11.4. The minimum atomic E-state index is -1.27. The summed E-state index contributed by atoms with van der Waals surface area (Å²) in [6.07, 6.45) is -2.48. The van der Waals surface area contributed by atoms with E-state index in [4.69, 9.17) is 9.47 Å². The van der Waals surface area contributed by atoms with Crippen molar-refractivity contribution in [1.82, 2.24) is 0 Å². The highest BCUT2D eigenvalue weighted by Gasteiger charge is 2.20. The van der Waals surface area contributed by atoms with Crippen LogP contribution in [0.5, 0.6) is 0 Å². The van der Waals surface area contributed by atoms with Crippen molar-refractivity contribution in [3.63, 3.8) is 0 Å². The molecule has 0 radical (unpaired) electrons. The normalized spacial score (nSPS) is 14.1. The Morgan fingerprint density at radius 1 is 1.06 bits per heavy atom. The fourth-order valence-corrected chi connectivity index (χ4v) is 1.51. The number of methoxy groups -OCH3 is 3. The van der Waals surface area contributed by atoms with E-state index in [9.17, 15) is 15.0 Å². The molecule has 0 aliphatic rings. The summed E-state index contributed by atoms with van der Waals surface area (Å²) in [5.41, 5.74) is 0.810. The first kappa shape index (κ1) is 14.6. The van der Waals surface area contributed by atoms with Crippen LogP contribution in [0.1, 0.15) is 34.1 Å². The average molecular weight is 256 g/mol. The van der Waals surface area contributed by atoms with E-state index < -0.39 is 18.5 Å². The number of ether oxygens (including phenoxy) is 3. The largest absolute Gasteiger partial charge is 0.465 e. The molecule has 6 nitrogen and oxygen atoms in total. The molecule has 0 fully saturated rings. The van der Waals surface area contributed by atoms with Crippen LogP contribution in [0, 0.1) is 0 Å². The molecule has 1 rings (SSSR count). The fourth-order valence-electron chi connectivity index (χ4n) is 1.51. The van der Waals surface area contributed by atoms with E-state index in [1.807, 2.05) is 0 Å². The quantitative estimate of drug-likeness (QED) is 0.597. The zero-order valence-corrected chi connectivity index (χ0v) is 10.4. The summed E-state index contributed by atoms with van der Waals surface area (Å²) in [5.74, 6) is -0.544. The van der Waals surface area contributed by atoms with E-state index >= 15 is 0 Å². The Bertz CT molecular complexity index is 417. The zero-order chi connectivity index (χ0) is 13.7. The molecule has 2 unspecified atom stereocenters. The molecule has 0 heterocycles. The zero-order valence-electron chi connectivity index (χ0n) is 10.4. The van der Waals surface area contributed by atoms with Gasteiger partial charge in [0, 0.05) is 25.3 Å². The minimum absolute atomic E-state index is 0.245. The monoisotopic (exact) mass is 256 g/mol. The second kappa shape index (κ2) is 6.46. The highest BCUT2D eigenvalue weighted by molar-refractivity contribution is 5.89. The summed E-state index contributed by atoms with van der Waals surface area (Å²) < 4.78 is 14.1. The molecular weight excluding hydrogens is 240 g/mol. The number of carbonyl (C=O) groups is 1. The van der Waals surface area contributed by atoms with E-state index in [-0.39, 0.29) is 11.1 Å². The number of esters is 1. The summed E-state index contributed by atoms with van der Waals surface area (Å²) >= 11 is 0. The highest BCUT2D eigenvalue weighted by atomic mass is 16.6. The van der Waals surface area contributed by atoms with Gasteiger partial charge in [-0.05, 0) is 12.1 Å². The van der Waals surface area contributed by atoms with Gasteiger partial charge in [-0.2, -0.15) is 0 Å². The van der Waals surface area contributed by atoms with Crippen LogP contribution in [-0.4, -0.2) is 37.5 Å². The molecule has 6 heteroatoms. The van der Waals surface area contributed by atoms with Gasteiger partial charge in [0.2, 0.25) is 0 Å². The molecule has 0 aliphatic carbocycles. The molecule has 1 aromatic rings. The molecule has 0 saturated heterocycles. The molecule has 18 heavy (non-hydrogen) atoms. The highest BCUT2D eigenvalue weighted by Crippen LogP contribution is 2.26. The molecular formula is C12H16O6. The molecule has 1 aromatic carbocycles. The van der Waals surface area contributed by atoms with Gasteiger partial charge in [-0.15, -0.1) is 0 Å².